The first kappa shape index (κ1) is 17.4. The third-order valence-electron chi connectivity index (χ3n) is 2.58. The molecule has 0 N–H and O–H groups in total. The second kappa shape index (κ2) is 7.97. The van der Waals surface area contributed by atoms with E-state index in [1.165, 1.54) is 12.1 Å². The van der Waals surface area contributed by atoms with Gasteiger partial charge in [-0.3, -0.25) is 9.59 Å². The van der Waals surface area contributed by atoms with Gasteiger partial charge in [-0.05, 0) is 24.3 Å². The van der Waals surface area contributed by atoms with Crippen molar-refractivity contribution in [3.63, 3.8) is 0 Å². The van der Waals surface area contributed by atoms with Crippen LogP contribution in [0.5, 0.6) is 5.75 Å². The van der Waals surface area contributed by atoms with Crippen LogP contribution in [0, 0.1) is 0 Å². The van der Waals surface area contributed by atoms with Crippen molar-refractivity contribution in [1.29, 1.82) is 0 Å². The number of hydrogen-bond donors (Lipinski definition) is 0. The summed E-state index contributed by atoms with van der Waals surface area (Å²) < 4.78 is 40.9. The number of hydrogen-bond acceptors (Lipinski definition) is 3. The van der Waals surface area contributed by atoms with Crippen LogP contribution in [0.15, 0.2) is 48.5 Å². The van der Waals surface area contributed by atoms with E-state index < -0.39 is 11.7 Å². The van der Waals surface area contributed by atoms with Gasteiger partial charge in [0.05, 0.1) is 12.7 Å². The number of rotatable bonds is 3. The number of carbonyl (C=O) groups excluding carboxylic acids is 2. The summed E-state index contributed by atoms with van der Waals surface area (Å²) in [6.45, 7) is 0. The molecule has 2 rings (SSSR count). The van der Waals surface area contributed by atoms with Gasteiger partial charge in [0, 0.05) is 11.1 Å². The molecule has 0 saturated heterocycles. The molecular weight excluding hydrogens is 297 g/mol. The summed E-state index contributed by atoms with van der Waals surface area (Å²) in [5.41, 5.74) is -0.128. The Morgan fingerprint density at radius 1 is 0.909 bits per heavy atom. The molecule has 0 radical (unpaired) electrons. The molecule has 0 heterocycles. The molecule has 0 spiro atoms. The van der Waals surface area contributed by atoms with Crippen LogP contribution in [-0.2, 0) is 6.18 Å². The molecule has 0 saturated carbocycles. The van der Waals surface area contributed by atoms with Crippen LogP contribution in [-0.4, -0.2) is 19.7 Å². The third-order valence-corrected chi connectivity index (χ3v) is 2.58. The molecule has 0 amide bonds. The number of halogens is 3. The van der Waals surface area contributed by atoms with Gasteiger partial charge in [-0.25, -0.2) is 0 Å². The van der Waals surface area contributed by atoms with Crippen LogP contribution in [0.2, 0.25) is 0 Å². The Morgan fingerprint density at radius 2 is 1.45 bits per heavy atom. The Kier molecular flexibility index (Phi) is 6.31. The Bertz CT molecular complexity index is 637. The van der Waals surface area contributed by atoms with Crippen molar-refractivity contribution in [2.45, 2.75) is 6.18 Å². The van der Waals surface area contributed by atoms with Gasteiger partial charge in [-0.2, -0.15) is 13.2 Å². The summed E-state index contributed by atoms with van der Waals surface area (Å²) in [5.74, 6) is 0.713. The topological polar surface area (TPSA) is 43.4 Å². The van der Waals surface area contributed by atoms with E-state index in [9.17, 15) is 22.8 Å². The zero-order valence-electron chi connectivity index (χ0n) is 11.6. The summed E-state index contributed by atoms with van der Waals surface area (Å²) >= 11 is 0. The second-order valence-corrected chi connectivity index (χ2v) is 4.14. The molecule has 0 atom stereocenters. The normalized spacial score (nSPS) is 10.2. The Balaban J connectivity index is 0.000000224. The average molecular weight is 310 g/mol. The average Bonchev–Trinajstić information content (AvgIpc) is 2.54. The van der Waals surface area contributed by atoms with E-state index in [1.807, 2.05) is 0 Å². The number of ether oxygens (including phenoxy) is 1. The lowest BCUT2D eigenvalue weighted by molar-refractivity contribution is -0.137. The maximum Gasteiger partial charge on any atom is 0.416 e. The van der Waals surface area contributed by atoms with Crippen molar-refractivity contribution in [2.24, 2.45) is 0 Å². The minimum Gasteiger partial charge on any atom is -0.497 e. The minimum atomic E-state index is -4.38. The molecule has 0 aliphatic heterocycles. The van der Waals surface area contributed by atoms with E-state index >= 15 is 0 Å². The number of benzene rings is 2. The fourth-order valence-corrected chi connectivity index (χ4v) is 1.50. The highest BCUT2D eigenvalue weighted by Crippen LogP contribution is 2.29. The fraction of sp³-hybridized carbons (Fsp3) is 0.125. The minimum absolute atomic E-state index is 0.0322. The zero-order valence-corrected chi connectivity index (χ0v) is 11.6. The lowest BCUT2D eigenvalue weighted by Crippen LogP contribution is -2.04. The number of aldehydes is 2. The van der Waals surface area contributed by atoms with Crippen LogP contribution in [0.25, 0.3) is 0 Å². The fourth-order valence-electron chi connectivity index (χ4n) is 1.50. The van der Waals surface area contributed by atoms with Gasteiger partial charge in [-0.1, -0.05) is 24.3 Å². The predicted octanol–water partition coefficient (Wildman–Crippen LogP) is 4.03. The van der Waals surface area contributed by atoms with Gasteiger partial charge >= 0.3 is 6.18 Å². The Hall–Kier alpha value is -2.63. The molecule has 0 aliphatic carbocycles. The lowest BCUT2D eigenvalue weighted by atomic mass is 10.1. The smallest absolute Gasteiger partial charge is 0.416 e. The molecule has 3 nitrogen and oxygen atoms in total. The van der Waals surface area contributed by atoms with Crippen LogP contribution in [0.1, 0.15) is 26.3 Å². The Labute approximate surface area is 125 Å². The summed E-state index contributed by atoms with van der Waals surface area (Å²) in [4.78, 5) is 20.3. The predicted molar refractivity (Wildman–Crippen MR) is 75.2 cm³/mol. The highest BCUT2D eigenvalue weighted by Gasteiger charge is 2.30. The number of carbonyl (C=O) groups is 2. The standard InChI is InChI=1S/C8H5F3O.C8H8O2/c9-8(10,11)7-3-1-2-6(4-7)5-12;1-10-8-4-2-3-7(5-8)6-9/h1-5H;2-6H,1H3. The van der Waals surface area contributed by atoms with Crippen LogP contribution >= 0.6 is 0 Å². The first-order valence-electron chi connectivity index (χ1n) is 6.12. The molecule has 116 valence electrons. The van der Waals surface area contributed by atoms with E-state index in [0.29, 0.717) is 17.6 Å². The van der Waals surface area contributed by atoms with E-state index in [1.54, 1.807) is 31.4 Å². The molecule has 6 heteroatoms. The van der Waals surface area contributed by atoms with E-state index in [-0.39, 0.29) is 5.56 Å². The van der Waals surface area contributed by atoms with Gasteiger partial charge in [-0.15, -0.1) is 0 Å². The first-order valence-corrected chi connectivity index (χ1v) is 6.12. The lowest BCUT2D eigenvalue weighted by Gasteiger charge is -2.05. The molecule has 22 heavy (non-hydrogen) atoms. The highest BCUT2D eigenvalue weighted by molar-refractivity contribution is 5.75. The maximum absolute atomic E-state index is 12.0. The largest absolute Gasteiger partial charge is 0.497 e. The summed E-state index contributed by atoms with van der Waals surface area (Å²) in [6.07, 6.45) is -3.20. The van der Waals surface area contributed by atoms with Crippen molar-refractivity contribution in [3.05, 3.63) is 65.2 Å². The Morgan fingerprint density at radius 3 is 1.95 bits per heavy atom. The number of methoxy groups -OCH3 is 1. The molecule has 0 aliphatic rings. The molecule has 0 unspecified atom stereocenters. The van der Waals surface area contributed by atoms with Crippen molar-refractivity contribution in [2.75, 3.05) is 7.11 Å². The van der Waals surface area contributed by atoms with Crippen molar-refractivity contribution in [1.82, 2.24) is 0 Å². The van der Waals surface area contributed by atoms with Crippen LogP contribution in [0.3, 0.4) is 0 Å². The molecule has 2 aromatic carbocycles. The van der Waals surface area contributed by atoms with Crippen molar-refractivity contribution in [3.8, 4) is 5.75 Å². The molecule has 0 bridgehead atoms. The van der Waals surface area contributed by atoms with Gasteiger partial charge < -0.3 is 4.74 Å². The van der Waals surface area contributed by atoms with Gasteiger partial charge in [0.1, 0.15) is 18.3 Å². The summed E-state index contributed by atoms with van der Waals surface area (Å²) in [5, 5.41) is 0. The van der Waals surface area contributed by atoms with Crippen molar-refractivity contribution < 1.29 is 27.5 Å². The monoisotopic (exact) mass is 310 g/mol. The third kappa shape index (κ3) is 5.40. The van der Waals surface area contributed by atoms with E-state index in [4.69, 9.17) is 4.74 Å². The zero-order chi connectivity index (χ0) is 16.6. The van der Waals surface area contributed by atoms with Crippen LogP contribution in [0.4, 0.5) is 13.2 Å². The van der Waals surface area contributed by atoms with E-state index in [2.05, 4.69) is 0 Å². The molecule has 0 fully saturated rings. The van der Waals surface area contributed by atoms with E-state index in [0.717, 1.165) is 18.4 Å². The highest BCUT2D eigenvalue weighted by atomic mass is 19.4. The molecular formula is C16H13F3O3. The van der Waals surface area contributed by atoms with Gasteiger partial charge in [0.2, 0.25) is 0 Å². The molecule has 0 aromatic heterocycles. The molecule has 2 aromatic rings. The quantitative estimate of drug-likeness (QED) is 0.804. The summed E-state index contributed by atoms with van der Waals surface area (Å²) in [7, 11) is 1.57. The van der Waals surface area contributed by atoms with Crippen molar-refractivity contribution >= 4 is 12.6 Å². The van der Waals surface area contributed by atoms with Gasteiger partial charge in [0.25, 0.3) is 0 Å². The summed E-state index contributed by atoms with van der Waals surface area (Å²) in [6, 6.07) is 11.3. The van der Waals surface area contributed by atoms with Crippen LogP contribution < -0.4 is 4.74 Å². The maximum atomic E-state index is 12.0. The second-order valence-electron chi connectivity index (χ2n) is 4.14. The van der Waals surface area contributed by atoms with Gasteiger partial charge in [0.15, 0.2) is 0 Å². The first-order chi connectivity index (χ1) is 10.4. The SMILES string of the molecule is COc1cccc(C=O)c1.O=Cc1cccc(C(F)(F)F)c1. The number of alkyl halides is 3.